The fourth-order valence-electron chi connectivity index (χ4n) is 4.27. The zero-order valence-corrected chi connectivity index (χ0v) is 16.7. The zero-order valence-electron chi connectivity index (χ0n) is 16.7. The van der Waals surface area contributed by atoms with Gasteiger partial charge < -0.3 is 9.47 Å². The van der Waals surface area contributed by atoms with Crippen molar-refractivity contribution in [1.29, 1.82) is 0 Å². The van der Waals surface area contributed by atoms with Crippen molar-refractivity contribution in [3.8, 4) is 5.75 Å². The molecule has 1 aliphatic heterocycles. The van der Waals surface area contributed by atoms with Crippen molar-refractivity contribution in [3.63, 3.8) is 0 Å². The van der Waals surface area contributed by atoms with Crippen LogP contribution in [0.15, 0.2) is 40.5 Å². The summed E-state index contributed by atoms with van der Waals surface area (Å²) in [5.74, 6) is -0.301. The highest BCUT2D eigenvalue weighted by molar-refractivity contribution is 6.12. The van der Waals surface area contributed by atoms with Crippen LogP contribution in [0.25, 0.3) is 0 Å². The summed E-state index contributed by atoms with van der Waals surface area (Å²) < 4.78 is 10.6. The van der Waals surface area contributed by atoms with Gasteiger partial charge in [-0.3, -0.25) is 9.79 Å². The van der Waals surface area contributed by atoms with Gasteiger partial charge in [0.25, 0.3) is 0 Å². The van der Waals surface area contributed by atoms with Gasteiger partial charge in [0.2, 0.25) is 0 Å². The van der Waals surface area contributed by atoms with Crippen LogP contribution >= 0.6 is 0 Å². The molecule has 2 atom stereocenters. The minimum absolute atomic E-state index is 0.112. The van der Waals surface area contributed by atoms with Gasteiger partial charge in [0.1, 0.15) is 11.5 Å². The second-order valence-corrected chi connectivity index (χ2v) is 8.04. The smallest absolute Gasteiger partial charge is 0.336 e. The number of allylic oxidation sites excluding steroid dienone is 1. The normalized spacial score (nSPS) is 24.2. The molecule has 5 nitrogen and oxygen atoms in total. The number of hydrogen-bond donors (Lipinski definition) is 0. The van der Waals surface area contributed by atoms with E-state index in [-0.39, 0.29) is 17.1 Å². The number of benzene rings is 1. The van der Waals surface area contributed by atoms with E-state index in [2.05, 4.69) is 18.8 Å². The van der Waals surface area contributed by atoms with Crippen molar-refractivity contribution in [2.75, 3.05) is 13.7 Å². The second-order valence-electron chi connectivity index (χ2n) is 8.04. The number of esters is 1. The second kappa shape index (κ2) is 7.29. The predicted octanol–water partition coefficient (Wildman–Crippen LogP) is 4.08. The van der Waals surface area contributed by atoms with E-state index in [1.54, 1.807) is 0 Å². The molecule has 27 heavy (non-hydrogen) atoms. The van der Waals surface area contributed by atoms with E-state index in [9.17, 15) is 9.59 Å². The Kier molecular flexibility index (Phi) is 5.22. The molecule has 1 aromatic rings. The Hall–Kier alpha value is -2.43. The van der Waals surface area contributed by atoms with Gasteiger partial charge in [-0.15, -0.1) is 0 Å². The van der Waals surface area contributed by atoms with Gasteiger partial charge in [-0.1, -0.05) is 26.0 Å². The number of fused-ring (bicyclic) bond motifs is 1. The van der Waals surface area contributed by atoms with E-state index >= 15 is 0 Å². The number of methoxy groups -OCH3 is 1. The van der Waals surface area contributed by atoms with E-state index in [0.29, 0.717) is 24.3 Å². The van der Waals surface area contributed by atoms with Crippen LogP contribution in [0.2, 0.25) is 0 Å². The van der Waals surface area contributed by atoms with Crippen molar-refractivity contribution >= 4 is 17.5 Å². The Labute approximate surface area is 160 Å². The first kappa shape index (κ1) is 19.3. The van der Waals surface area contributed by atoms with Crippen molar-refractivity contribution in [3.05, 3.63) is 41.1 Å². The SMILES string of the molecule is CCOc1ccc([C@@H]2C(C(=O)OC)=C(C)N=C3CC(C)(C)CC(=O)C32)cc1. The van der Waals surface area contributed by atoms with Crippen molar-refractivity contribution in [2.24, 2.45) is 16.3 Å². The fourth-order valence-corrected chi connectivity index (χ4v) is 4.27. The molecule has 0 bridgehead atoms. The molecule has 1 saturated carbocycles. The van der Waals surface area contributed by atoms with Crippen LogP contribution in [0, 0.1) is 11.3 Å². The summed E-state index contributed by atoms with van der Waals surface area (Å²) in [5, 5.41) is 0. The van der Waals surface area contributed by atoms with Crippen LogP contribution in [0.1, 0.15) is 52.0 Å². The summed E-state index contributed by atoms with van der Waals surface area (Å²) in [5.41, 5.74) is 2.78. The summed E-state index contributed by atoms with van der Waals surface area (Å²) in [6.07, 6.45) is 1.24. The minimum Gasteiger partial charge on any atom is -0.494 e. The maximum Gasteiger partial charge on any atom is 0.336 e. The number of carbonyl (C=O) groups excluding carboxylic acids is 2. The molecule has 2 aliphatic rings. The number of ketones is 1. The Bertz CT molecular complexity index is 817. The Morgan fingerprint density at radius 1 is 1.19 bits per heavy atom. The molecule has 1 unspecified atom stereocenters. The van der Waals surface area contributed by atoms with E-state index in [0.717, 1.165) is 23.4 Å². The minimum atomic E-state index is -0.424. The number of ether oxygens (including phenoxy) is 2. The number of hydrogen-bond acceptors (Lipinski definition) is 5. The first-order chi connectivity index (χ1) is 12.8. The molecular formula is C22H27NO4. The van der Waals surface area contributed by atoms with Gasteiger partial charge in [-0.25, -0.2) is 4.79 Å². The van der Waals surface area contributed by atoms with E-state index < -0.39 is 11.9 Å². The molecule has 0 N–H and O–H groups in total. The van der Waals surface area contributed by atoms with Gasteiger partial charge in [-0.05, 0) is 43.4 Å². The Morgan fingerprint density at radius 3 is 2.44 bits per heavy atom. The number of carbonyl (C=O) groups is 2. The lowest BCUT2D eigenvalue weighted by atomic mass is 9.63. The van der Waals surface area contributed by atoms with Gasteiger partial charge in [0.15, 0.2) is 0 Å². The third kappa shape index (κ3) is 3.68. The molecule has 1 aromatic carbocycles. The molecule has 0 spiro atoms. The van der Waals surface area contributed by atoms with Crippen molar-refractivity contribution < 1.29 is 19.1 Å². The van der Waals surface area contributed by atoms with E-state index in [1.807, 2.05) is 38.1 Å². The van der Waals surface area contributed by atoms with E-state index in [4.69, 9.17) is 9.47 Å². The van der Waals surface area contributed by atoms with Crippen LogP contribution in [0.4, 0.5) is 0 Å². The van der Waals surface area contributed by atoms with Crippen LogP contribution in [0.5, 0.6) is 5.75 Å². The molecular weight excluding hydrogens is 342 g/mol. The molecule has 5 heteroatoms. The first-order valence-electron chi connectivity index (χ1n) is 9.39. The molecule has 0 aromatic heterocycles. The van der Waals surface area contributed by atoms with Crippen LogP contribution in [-0.2, 0) is 14.3 Å². The third-order valence-electron chi connectivity index (χ3n) is 5.32. The number of nitrogens with zero attached hydrogens (tertiary/aromatic N) is 1. The highest BCUT2D eigenvalue weighted by Crippen LogP contribution is 2.47. The number of rotatable bonds is 4. The summed E-state index contributed by atoms with van der Waals surface area (Å²) in [4.78, 5) is 30.3. The van der Waals surface area contributed by atoms with Crippen molar-refractivity contribution in [1.82, 2.24) is 0 Å². The lowest BCUT2D eigenvalue weighted by Crippen LogP contribution is -2.44. The van der Waals surface area contributed by atoms with Crippen LogP contribution in [0.3, 0.4) is 0 Å². The largest absolute Gasteiger partial charge is 0.494 e. The van der Waals surface area contributed by atoms with Gasteiger partial charge >= 0.3 is 5.97 Å². The van der Waals surface area contributed by atoms with Crippen molar-refractivity contribution in [2.45, 2.75) is 46.5 Å². The Balaban J connectivity index is 2.11. The first-order valence-corrected chi connectivity index (χ1v) is 9.39. The summed E-state index contributed by atoms with van der Waals surface area (Å²) in [6.45, 7) is 8.52. The van der Waals surface area contributed by atoms with Gasteiger partial charge in [0, 0.05) is 23.7 Å². The van der Waals surface area contributed by atoms with Gasteiger partial charge in [0.05, 0.1) is 25.2 Å². The zero-order chi connectivity index (χ0) is 19.8. The summed E-state index contributed by atoms with van der Waals surface area (Å²) >= 11 is 0. The maximum absolute atomic E-state index is 13.1. The summed E-state index contributed by atoms with van der Waals surface area (Å²) in [6, 6.07) is 7.63. The number of Topliss-reactive ketones (excluding diaryl/α,β-unsaturated/α-hetero) is 1. The molecule has 1 fully saturated rings. The lowest BCUT2D eigenvalue weighted by molar-refractivity contribution is -0.136. The van der Waals surface area contributed by atoms with E-state index in [1.165, 1.54) is 7.11 Å². The molecule has 1 heterocycles. The van der Waals surface area contributed by atoms with Gasteiger partial charge in [-0.2, -0.15) is 0 Å². The maximum atomic E-state index is 13.1. The molecule has 0 radical (unpaired) electrons. The highest BCUT2D eigenvalue weighted by atomic mass is 16.5. The molecule has 3 rings (SSSR count). The number of aliphatic imine (C=N–C) groups is 1. The standard InChI is InChI=1S/C22H27NO4/c1-6-27-15-9-7-14(8-10-15)19-18(21(25)26-5)13(2)23-16-11-22(3,4)12-17(24)20(16)19/h7-10,19-20H,6,11-12H2,1-5H3/t19-,20?/m1/s1. The topological polar surface area (TPSA) is 65.0 Å². The Morgan fingerprint density at radius 2 is 1.85 bits per heavy atom. The molecule has 0 saturated heterocycles. The average molecular weight is 369 g/mol. The molecule has 144 valence electrons. The highest BCUT2D eigenvalue weighted by Gasteiger charge is 2.47. The average Bonchev–Trinajstić information content (AvgIpc) is 2.60. The molecule has 1 aliphatic carbocycles. The van der Waals surface area contributed by atoms with Crippen LogP contribution < -0.4 is 4.74 Å². The third-order valence-corrected chi connectivity index (χ3v) is 5.32. The lowest BCUT2D eigenvalue weighted by Gasteiger charge is -2.41. The monoisotopic (exact) mass is 369 g/mol. The quantitative estimate of drug-likeness (QED) is 0.750. The summed E-state index contributed by atoms with van der Waals surface area (Å²) in [7, 11) is 1.36. The molecule has 0 amide bonds. The van der Waals surface area contributed by atoms with Crippen LogP contribution in [-0.4, -0.2) is 31.2 Å². The predicted molar refractivity (Wildman–Crippen MR) is 104 cm³/mol. The fraction of sp³-hybridized carbons (Fsp3) is 0.500.